The fourth-order valence-electron chi connectivity index (χ4n) is 2.41. The van der Waals surface area contributed by atoms with E-state index in [1.54, 1.807) is 13.8 Å². The highest BCUT2D eigenvalue weighted by Crippen LogP contribution is 2.41. The van der Waals surface area contributed by atoms with Crippen LogP contribution in [0.3, 0.4) is 0 Å². The van der Waals surface area contributed by atoms with Crippen LogP contribution in [0, 0.1) is 6.92 Å². The van der Waals surface area contributed by atoms with Gasteiger partial charge in [-0.2, -0.15) is 5.10 Å². The molecule has 0 radical (unpaired) electrons. The third kappa shape index (κ3) is 1.72. The predicted octanol–water partition coefficient (Wildman–Crippen LogP) is 0.170. The van der Waals surface area contributed by atoms with Crippen LogP contribution in [-0.2, 0) is 9.53 Å². The Bertz CT molecular complexity index is 792. The van der Waals surface area contributed by atoms with Crippen LogP contribution >= 0.6 is 0 Å². The first-order valence-electron chi connectivity index (χ1n) is 6.55. The van der Waals surface area contributed by atoms with E-state index in [4.69, 9.17) is 16.2 Å². The van der Waals surface area contributed by atoms with Crippen LogP contribution in [0.25, 0.3) is 5.57 Å². The molecular weight excluding hydrogens is 288 g/mol. The molecule has 0 spiro atoms. The Hall–Kier alpha value is -3.10. The van der Waals surface area contributed by atoms with Gasteiger partial charge in [0.2, 0.25) is 11.7 Å². The minimum atomic E-state index is -0.406. The summed E-state index contributed by atoms with van der Waals surface area (Å²) in [4.78, 5) is 12.5. The van der Waals surface area contributed by atoms with E-state index in [1.165, 1.54) is 0 Å². The number of aromatic nitrogens is 2. The van der Waals surface area contributed by atoms with E-state index in [-0.39, 0.29) is 40.0 Å². The van der Waals surface area contributed by atoms with Crippen LogP contribution in [0.2, 0.25) is 0 Å². The lowest BCUT2D eigenvalue weighted by Crippen LogP contribution is -2.30. The van der Waals surface area contributed by atoms with Crippen molar-refractivity contribution in [3.8, 4) is 0 Å². The fraction of sp³-hybridized carbons (Fsp3) is 0.231. The van der Waals surface area contributed by atoms with Crippen molar-refractivity contribution in [3.63, 3.8) is 0 Å². The third-order valence-electron chi connectivity index (χ3n) is 3.40. The number of allylic oxidation sites excluding steroid dienone is 2. The lowest BCUT2D eigenvalue weighted by atomic mass is 9.80. The zero-order valence-electron chi connectivity index (χ0n) is 12.0. The van der Waals surface area contributed by atoms with Gasteiger partial charge in [0.15, 0.2) is 11.7 Å². The number of aryl methyl sites for hydroxylation is 1. The van der Waals surface area contributed by atoms with Crippen LogP contribution < -0.4 is 11.5 Å². The van der Waals surface area contributed by atoms with Crippen molar-refractivity contribution in [2.75, 3.05) is 12.3 Å². The van der Waals surface area contributed by atoms with Gasteiger partial charge in [-0.05, 0) is 13.8 Å². The van der Waals surface area contributed by atoms with E-state index in [2.05, 4.69) is 20.4 Å². The van der Waals surface area contributed by atoms with Gasteiger partial charge in [0, 0.05) is 5.69 Å². The number of anilines is 1. The van der Waals surface area contributed by atoms with Gasteiger partial charge in [-0.15, -0.1) is 10.2 Å². The summed E-state index contributed by atoms with van der Waals surface area (Å²) >= 11 is 0. The molecule has 9 heteroatoms. The molecule has 1 aliphatic heterocycles. The van der Waals surface area contributed by atoms with Crippen LogP contribution in [0.5, 0.6) is 0 Å². The maximum Gasteiger partial charge on any atom is 0.245 e. The maximum absolute atomic E-state index is 12.5. The Morgan fingerprint density at radius 1 is 1.23 bits per heavy atom. The normalized spacial score (nSPS) is 20.9. The number of H-pyrrole nitrogens is 1. The Labute approximate surface area is 125 Å². The summed E-state index contributed by atoms with van der Waals surface area (Å²) in [7, 11) is 0. The van der Waals surface area contributed by atoms with Crippen molar-refractivity contribution in [2.24, 2.45) is 15.9 Å². The molecule has 1 aromatic heterocycles. The van der Waals surface area contributed by atoms with Gasteiger partial charge in [-0.3, -0.25) is 9.89 Å². The van der Waals surface area contributed by atoms with Gasteiger partial charge in [-0.25, -0.2) is 0 Å². The number of amidine groups is 1. The summed E-state index contributed by atoms with van der Waals surface area (Å²) in [6.07, 6.45) is 0. The van der Waals surface area contributed by atoms with E-state index < -0.39 is 5.78 Å². The number of ketones is 1. The number of carbonyl (C=O) groups is 1. The Balaban J connectivity index is 2.13. The molecule has 0 fully saturated rings. The number of hydrogen-bond donors (Lipinski definition) is 4. The molecule has 1 aliphatic carbocycles. The molecule has 9 nitrogen and oxygen atoms in total. The number of nitrogens with zero attached hydrogens (tertiary/aromatic N) is 3. The molecule has 0 atom stereocenters. The molecule has 0 unspecified atom stereocenters. The molecule has 6 N–H and O–H groups in total. The maximum atomic E-state index is 12.5. The first-order valence-corrected chi connectivity index (χ1v) is 6.55. The average Bonchev–Trinajstić information content (AvgIpc) is 2.99. The van der Waals surface area contributed by atoms with Crippen molar-refractivity contribution >= 4 is 28.9 Å². The summed E-state index contributed by atoms with van der Waals surface area (Å²) < 4.78 is 5.28. The van der Waals surface area contributed by atoms with E-state index in [1.807, 2.05) is 0 Å². The summed E-state index contributed by atoms with van der Waals surface area (Å²) in [5, 5.41) is 24.2. The van der Waals surface area contributed by atoms with E-state index in [9.17, 15) is 9.90 Å². The van der Waals surface area contributed by atoms with Crippen molar-refractivity contribution in [3.05, 3.63) is 28.2 Å². The molecule has 0 saturated carbocycles. The van der Waals surface area contributed by atoms with E-state index in [0.29, 0.717) is 17.9 Å². The van der Waals surface area contributed by atoms with E-state index >= 15 is 0 Å². The van der Waals surface area contributed by atoms with Gasteiger partial charge in [0.25, 0.3) is 0 Å². The molecule has 2 aliphatic rings. The Morgan fingerprint density at radius 3 is 2.50 bits per heavy atom. The van der Waals surface area contributed by atoms with Gasteiger partial charge >= 0.3 is 0 Å². The number of carbonyl (C=O) groups excluding carboxylic acids is 1. The smallest absolute Gasteiger partial charge is 0.245 e. The Morgan fingerprint density at radius 2 is 1.95 bits per heavy atom. The standard InChI is InChI=1S/C13H14N6O3/c1-3-22-13-8(12(15)18-19-13)7-9(20)6(10(7)21)5-4(2)16-17-11(5)14/h20H,3H2,1-2H3,(H2,15,18)(H3,14,16,17). The van der Waals surface area contributed by atoms with Crippen molar-refractivity contribution < 1.29 is 14.6 Å². The number of aliphatic hydroxyl groups is 1. The number of hydrogen-bond acceptors (Lipinski definition) is 8. The fourth-order valence-corrected chi connectivity index (χ4v) is 2.41. The first kappa shape index (κ1) is 13.9. The zero-order chi connectivity index (χ0) is 16.0. The van der Waals surface area contributed by atoms with Crippen LogP contribution in [0.4, 0.5) is 5.82 Å². The molecule has 2 heterocycles. The lowest BCUT2D eigenvalue weighted by molar-refractivity contribution is -0.111. The Kier molecular flexibility index (Phi) is 2.98. The van der Waals surface area contributed by atoms with Crippen molar-refractivity contribution in [2.45, 2.75) is 13.8 Å². The number of Topliss-reactive ketones (excluding diaryl/α,β-unsaturated/α-hetero) is 1. The van der Waals surface area contributed by atoms with Crippen molar-refractivity contribution in [1.82, 2.24) is 10.2 Å². The van der Waals surface area contributed by atoms with Crippen LogP contribution in [-0.4, -0.2) is 39.4 Å². The molecule has 0 aromatic carbocycles. The predicted molar refractivity (Wildman–Crippen MR) is 80.0 cm³/mol. The highest BCUT2D eigenvalue weighted by atomic mass is 16.5. The molecule has 0 bridgehead atoms. The first-order chi connectivity index (χ1) is 10.5. The highest BCUT2D eigenvalue weighted by Gasteiger charge is 2.42. The van der Waals surface area contributed by atoms with Crippen LogP contribution in [0.15, 0.2) is 27.1 Å². The van der Waals surface area contributed by atoms with Gasteiger partial charge < -0.3 is 21.3 Å². The molecule has 22 heavy (non-hydrogen) atoms. The van der Waals surface area contributed by atoms with Gasteiger partial charge in [0.1, 0.15) is 5.76 Å². The number of nitrogens with one attached hydrogen (secondary N) is 1. The zero-order valence-corrected chi connectivity index (χ0v) is 12.0. The minimum Gasteiger partial charge on any atom is -0.506 e. The monoisotopic (exact) mass is 302 g/mol. The number of aliphatic hydroxyl groups excluding tert-OH is 1. The quantitative estimate of drug-likeness (QED) is 0.571. The number of rotatable bonds is 2. The second kappa shape index (κ2) is 4.72. The van der Waals surface area contributed by atoms with E-state index in [0.717, 1.165) is 0 Å². The molecule has 0 saturated heterocycles. The average molecular weight is 302 g/mol. The summed E-state index contributed by atoms with van der Waals surface area (Å²) in [6, 6.07) is 0. The molecular formula is C13H14N6O3. The largest absolute Gasteiger partial charge is 0.506 e. The summed E-state index contributed by atoms with van der Waals surface area (Å²) in [5.74, 6) is -0.344. The number of nitrogens with two attached hydrogens (primary N) is 2. The van der Waals surface area contributed by atoms with Gasteiger partial charge in [-0.1, -0.05) is 0 Å². The lowest BCUT2D eigenvalue weighted by Gasteiger charge is -2.23. The van der Waals surface area contributed by atoms with Crippen molar-refractivity contribution in [1.29, 1.82) is 0 Å². The molecule has 114 valence electrons. The summed E-state index contributed by atoms with van der Waals surface area (Å²) in [5.41, 5.74) is 12.8. The molecule has 3 rings (SSSR count). The third-order valence-corrected chi connectivity index (χ3v) is 3.40. The summed E-state index contributed by atoms with van der Waals surface area (Å²) in [6.45, 7) is 3.80. The minimum absolute atomic E-state index is 0.0225. The number of aromatic amines is 1. The van der Waals surface area contributed by atoms with Gasteiger partial charge in [0.05, 0.1) is 28.9 Å². The van der Waals surface area contributed by atoms with Crippen LogP contribution in [0.1, 0.15) is 18.2 Å². The molecule has 1 aromatic rings. The number of ether oxygens (including phenoxy) is 1. The SMILES string of the molecule is CCOC1=NN=C(N)C1=C1C(=O)C(c2c(N)n[nH]c2C)=C1O. The number of nitrogen functional groups attached to an aromatic ring is 1. The second-order valence-corrected chi connectivity index (χ2v) is 4.73. The highest BCUT2D eigenvalue weighted by molar-refractivity contribution is 6.44. The topological polar surface area (TPSA) is 152 Å². The second-order valence-electron chi connectivity index (χ2n) is 4.73. The molecule has 0 amide bonds.